The van der Waals surface area contributed by atoms with E-state index in [9.17, 15) is 4.39 Å². The first-order chi connectivity index (χ1) is 9.51. The number of benzene rings is 2. The van der Waals surface area contributed by atoms with Gasteiger partial charge in [-0.3, -0.25) is 0 Å². The zero-order valence-electron chi connectivity index (χ0n) is 11.7. The minimum Gasteiger partial charge on any atom is -0.497 e. The quantitative estimate of drug-likeness (QED) is 0.840. The number of halogens is 2. The molecule has 0 fully saturated rings. The van der Waals surface area contributed by atoms with Crippen LogP contribution in [0.5, 0.6) is 5.75 Å². The summed E-state index contributed by atoms with van der Waals surface area (Å²) in [6.45, 7) is 3.93. The summed E-state index contributed by atoms with van der Waals surface area (Å²) in [5.41, 5.74) is 2.67. The Balaban J connectivity index is 2.23. The molecule has 0 aliphatic carbocycles. The van der Waals surface area contributed by atoms with Crippen molar-refractivity contribution in [2.45, 2.75) is 19.9 Å². The van der Waals surface area contributed by atoms with Crippen LogP contribution in [0.2, 0.25) is 0 Å². The molecule has 0 radical (unpaired) electrons. The van der Waals surface area contributed by atoms with Gasteiger partial charge in [0.1, 0.15) is 11.6 Å². The topological polar surface area (TPSA) is 21.3 Å². The molecule has 20 heavy (non-hydrogen) atoms. The molecule has 0 heterocycles. The number of rotatable bonds is 4. The molecule has 2 nitrogen and oxygen atoms in total. The number of hydrogen-bond donors (Lipinski definition) is 1. The maximum absolute atomic E-state index is 13.9. The fourth-order valence-electron chi connectivity index (χ4n) is 2.08. The van der Waals surface area contributed by atoms with E-state index in [0.29, 0.717) is 5.56 Å². The Hall–Kier alpha value is -1.55. The van der Waals surface area contributed by atoms with Crippen LogP contribution in [0.3, 0.4) is 0 Å². The average Bonchev–Trinajstić information content (AvgIpc) is 2.43. The van der Waals surface area contributed by atoms with Crippen molar-refractivity contribution >= 4 is 21.6 Å². The molecule has 2 rings (SSSR count). The zero-order chi connectivity index (χ0) is 14.7. The van der Waals surface area contributed by atoms with Gasteiger partial charge in [-0.2, -0.15) is 0 Å². The van der Waals surface area contributed by atoms with E-state index in [0.717, 1.165) is 21.5 Å². The first-order valence-electron chi connectivity index (χ1n) is 6.37. The van der Waals surface area contributed by atoms with Crippen molar-refractivity contribution in [3.8, 4) is 5.75 Å². The maximum Gasteiger partial charge on any atom is 0.128 e. The fraction of sp³-hybridized carbons (Fsp3) is 0.250. The van der Waals surface area contributed by atoms with Gasteiger partial charge in [0.2, 0.25) is 0 Å². The van der Waals surface area contributed by atoms with E-state index in [-0.39, 0.29) is 11.9 Å². The third-order valence-electron chi connectivity index (χ3n) is 3.23. The molecule has 1 N–H and O–H groups in total. The van der Waals surface area contributed by atoms with Crippen molar-refractivity contribution in [2.75, 3.05) is 12.4 Å². The van der Waals surface area contributed by atoms with E-state index < -0.39 is 0 Å². The molecule has 2 aromatic carbocycles. The average molecular weight is 338 g/mol. The first-order valence-corrected chi connectivity index (χ1v) is 7.16. The number of methoxy groups -OCH3 is 1. The van der Waals surface area contributed by atoms with Gasteiger partial charge in [-0.05, 0) is 55.8 Å². The van der Waals surface area contributed by atoms with E-state index in [1.807, 2.05) is 32.0 Å². The normalized spacial score (nSPS) is 12.1. The van der Waals surface area contributed by atoms with Gasteiger partial charge < -0.3 is 10.1 Å². The Morgan fingerprint density at radius 3 is 2.60 bits per heavy atom. The van der Waals surface area contributed by atoms with Crippen LogP contribution in [0.25, 0.3) is 0 Å². The van der Waals surface area contributed by atoms with Gasteiger partial charge in [0, 0.05) is 15.7 Å². The number of ether oxygens (including phenoxy) is 1. The molecule has 0 saturated carbocycles. The second-order valence-corrected chi connectivity index (χ2v) is 5.63. The van der Waals surface area contributed by atoms with Crippen LogP contribution in [0.1, 0.15) is 24.1 Å². The van der Waals surface area contributed by atoms with Crippen molar-refractivity contribution in [3.63, 3.8) is 0 Å². The number of aryl methyl sites for hydroxylation is 1. The minimum absolute atomic E-state index is 0.125. The molecule has 106 valence electrons. The predicted molar refractivity (Wildman–Crippen MR) is 83.9 cm³/mol. The van der Waals surface area contributed by atoms with E-state index in [1.165, 1.54) is 6.07 Å². The van der Waals surface area contributed by atoms with Gasteiger partial charge in [-0.15, -0.1) is 0 Å². The Kier molecular flexibility index (Phi) is 4.65. The van der Waals surface area contributed by atoms with Gasteiger partial charge in [0.15, 0.2) is 0 Å². The lowest BCUT2D eigenvalue weighted by molar-refractivity contribution is 0.414. The Labute approximate surface area is 127 Å². The van der Waals surface area contributed by atoms with Gasteiger partial charge >= 0.3 is 0 Å². The van der Waals surface area contributed by atoms with Gasteiger partial charge in [0.05, 0.1) is 13.2 Å². The second kappa shape index (κ2) is 6.27. The van der Waals surface area contributed by atoms with E-state index in [1.54, 1.807) is 19.2 Å². The number of hydrogen-bond acceptors (Lipinski definition) is 2. The maximum atomic E-state index is 13.9. The summed E-state index contributed by atoms with van der Waals surface area (Å²) in [5.74, 6) is 0.605. The monoisotopic (exact) mass is 337 g/mol. The lowest BCUT2D eigenvalue weighted by Gasteiger charge is -2.18. The Morgan fingerprint density at radius 2 is 1.95 bits per heavy atom. The lowest BCUT2D eigenvalue weighted by Crippen LogP contribution is -2.09. The molecule has 0 saturated heterocycles. The Bertz CT molecular complexity index is 615. The molecule has 1 atom stereocenters. The summed E-state index contributed by atoms with van der Waals surface area (Å²) < 4.78 is 19.9. The highest BCUT2D eigenvalue weighted by Crippen LogP contribution is 2.28. The smallest absolute Gasteiger partial charge is 0.128 e. The van der Waals surface area contributed by atoms with Crippen molar-refractivity contribution in [1.82, 2.24) is 0 Å². The molecule has 0 amide bonds. The van der Waals surface area contributed by atoms with Gasteiger partial charge in [-0.25, -0.2) is 4.39 Å². The largest absolute Gasteiger partial charge is 0.497 e. The summed E-state index contributed by atoms with van der Waals surface area (Å²) in [6.07, 6.45) is 0. The molecular formula is C16H17BrFNO. The van der Waals surface area contributed by atoms with E-state index in [2.05, 4.69) is 21.2 Å². The molecule has 0 bridgehead atoms. The van der Waals surface area contributed by atoms with Crippen LogP contribution in [0.15, 0.2) is 40.9 Å². The van der Waals surface area contributed by atoms with Crippen molar-refractivity contribution in [2.24, 2.45) is 0 Å². The van der Waals surface area contributed by atoms with Crippen LogP contribution in [-0.2, 0) is 0 Å². The highest BCUT2D eigenvalue weighted by atomic mass is 79.9. The number of anilines is 1. The summed E-state index contributed by atoms with van der Waals surface area (Å²) in [4.78, 5) is 0. The van der Waals surface area contributed by atoms with Crippen LogP contribution >= 0.6 is 15.9 Å². The molecular weight excluding hydrogens is 321 g/mol. The summed E-state index contributed by atoms with van der Waals surface area (Å²) in [7, 11) is 1.64. The zero-order valence-corrected chi connectivity index (χ0v) is 13.3. The van der Waals surface area contributed by atoms with Crippen molar-refractivity contribution < 1.29 is 9.13 Å². The predicted octanol–water partition coefficient (Wildman–Crippen LogP) is 5.08. The standard InChI is InChI=1S/C16H17BrFNO/c1-10-8-13(20-3)5-7-16(10)19-11(2)14-9-12(17)4-6-15(14)18/h4-9,11,19H,1-3H3. The third kappa shape index (κ3) is 3.31. The summed E-state index contributed by atoms with van der Waals surface area (Å²) in [5, 5.41) is 3.33. The SMILES string of the molecule is COc1ccc(NC(C)c2cc(Br)ccc2F)c(C)c1. The molecule has 0 aromatic heterocycles. The second-order valence-electron chi connectivity index (χ2n) is 4.71. The molecule has 4 heteroatoms. The van der Waals surface area contributed by atoms with Crippen LogP contribution in [0.4, 0.5) is 10.1 Å². The molecule has 0 spiro atoms. The van der Waals surface area contributed by atoms with Crippen LogP contribution < -0.4 is 10.1 Å². The molecule has 1 unspecified atom stereocenters. The van der Waals surface area contributed by atoms with Gasteiger partial charge in [0.25, 0.3) is 0 Å². The fourth-order valence-corrected chi connectivity index (χ4v) is 2.46. The van der Waals surface area contributed by atoms with Crippen LogP contribution in [-0.4, -0.2) is 7.11 Å². The minimum atomic E-state index is -0.209. The van der Waals surface area contributed by atoms with Crippen molar-refractivity contribution in [3.05, 3.63) is 57.8 Å². The highest BCUT2D eigenvalue weighted by Gasteiger charge is 2.12. The van der Waals surface area contributed by atoms with Gasteiger partial charge in [-0.1, -0.05) is 15.9 Å². The number of nitrogens with one attached hydrogen (secondary N) is 1. The van der Waals surface area contributed by atoms with E-state index >= 15 is 0 Å². The summed E-state index contributed by atoms with van der Waals surface area (Å²) >= 11 is 3.37. The summed E-state index contributed by atoms with van der Waals surface area (Å²) in [6, 6.07) is 10.6. The lowest BCUT2D eigenvalue weighted by atomic mass is 10.1. The van der Waals surface area contributed by atoms with E-state index in [4.69, 9.17) is 4.74 Å². The first kappa shape index (κ1) is 14.9. The molecule has 2 aromatic rings. The highest BCUT2D eigenvalue weighted by molar-refractivity contribution is 9.10. The van der Waals surface area contributed by atoms with Crippen molar-refractivity contribution in [1.29, 1.82) is 0 Å². The van der Waals surface area contributed by atoms with Crippen LogP contribution in [0, 0.1) is 12.7 Å². The Morgan fingerprint density at radius 1 is 1.20 bits per heavy atom. The molecule has 0 aliphatic rings. The third-order valence-corrected chi connectivity index (χ3v) is 3.72. The molecule has 0 aliphatic heterocycles.